The summed E-state index contributed by atoms with van der Waals surface area (Å²) in [5.41, 5.74) is 2.05. The van der Waals surface area contributed by atoms with Crippen LogP contribution in [0.5, 0.6) is 0 Å². The summed E-state index contributed by atoms with van der Waals surface area (Å²) in [7, 11) is 0. The second-order valence-corrected chi connectivity index (χ2v) is 5.74. The minimum Gasteiger partial charge on any atom is -0.246 e. The molecule has 2 aromatic rings. The molecule has 1 unspecified atom stereocenters. The minimum absolute atomic E-state index is 0.303. The van der Waals surface area contributed by atoms with Gasteiger partial charge in [0, 0.05) is 16.8 Å². The van der Waals surface area contributed by atoms with E-state index in [2.05, 4.69) is 24.2 Å². The number of halogens is 2. The third kappa shape index (κ3) is 3.09. The topological polar surface area (TPSA) is 12.9 Å². The van der Waals surface area contributed by atoms with Crippen LogP contribution >= 0.6 is 22.9 Å². The van der Waals surface area contributed by atoms with E-state index in [1.165, 1.54) is 12.1 Å². The summed E-state index contributed by atoms with van der Waals surface area (Å²) < 4.78 is 12.9. The Bertz CT molecular complexity index is 538. The molecule has 0 saturated heterocycles. The lowest BCUT2D eigenvalue weighted by Gasteiger charge is -2.03. The normalized spacial score (nSPS) is 12.7. The number of aromatic nitrogens is 1. The first-order valence-corrected chi connectivity index (χ1v) is 7.24. The first kappa shape index (κ1) is 13.5. The van der Waals surface area contributed by atoms with Crippen LogP contribution in [-0.4, -0.2) is 4.98 Å². The van der Waals surface area contributed by atoms with E-state index in [1.807, 2.05) is 0 Å². The van der Waals surface area contributed by atoms with Crippen molar-refractivity contribution in [3.63, 3.8) is 0 Å². The molecule has 1 aromatic carbocycles. The van der Waals surface area contributed by atoms with Crippen LogP contribution in [-0.2, 0) is 6.42 Å². The molecule has 0 N–H and O–H groups in total. The summed E-state index contributed by atoms with van der Waals surface area (Å²) in [6, 6.07) is 4.51. The summed E-state index contributed by atoms with van der Waals surface area (Å²) in [6.45, 7) is 4.32. The first-order chi connectivity index (χ1) is 8.60. The number of rotatable bonds is 4. The third-order valence-corrected chi connectivity index (χ3v) is 4.26. The Morgan fingerprint density at radius 1 is 1.44 bits per heavy atom. The highest BCUT2D eigenvalue weighted by Gasteiger charge is 2.10. The van der Waals surface area contributed by atoms with Crippen LogP contribution in [0.15, 0.2) is 23.6 Å². The van der Waals surface area contributed by atoms with Crippen molar-refractivity contribution in [2.75, 3.05) is 0 Å². The molecule has 0 aliphatic rings. The molecule has 0 aliphatic heterocycles. The SMILES string of the molecule is CCC(C)c1csc(Cc2ccc(F)cc2Cl)n1. The van der Waals surface area contributed by atoms with Crippen molar-refractivity contribution >= 4 is 22.9 Å². The van der Waals surface area contributed by atoms with E-state index >= 15 is 0 Å². The number of nitrogens with zero attached hydrogens (tertiary/aromatic N) is 1. The molecule has 96 valence electrons. The fourth-order valence-corrected chi connectivity index (χ4v) is 2.84. The van der Waals surface area contributed by atoms with E-state index in [0.29, 0.717) is 17.4 Å². The van der Waals surface area contributed by atoms with Gasteiger partial charge in [-0.3, -0.25) is 0 Å². The van der Waals surface area contributed by atoms with Gasteiger partial charge in [-0.2, -0.15) is 0 Å². The maximum Gasteiger partial charge on any atom is 0.124 e. The zero-order chi connectivity index (χ0) is 13.1. The summed E-state index contributed by atoms with van der Waals surface area (Å²) in [6.07, 6.45) is 1.75. The monoisotopic (exact) mass is 283 g/mol. The van der Waals surface area contributed by atoms with Crippen LogP contribution in [0.3, 0.4) is 0 Å². The molecule has 1 nitrogen and oxygen atoms in total. The summed E-state index contributed by atoms with van der Waals surface area (Å²) in [5, 5.41) is 3.59. The maximum atomic E-state index is 12.9. The van der Waals surface area contributed by atoms with E-state index in [-0.39, 0.29) is 5.82 Å². The highest BCUT2D eigenvalue weighted by atomic mass is 35.5. The largest absolute Gasteiger partial charge is 0.246 e. The average Bonchev–Trinajstić information content (AvgIpc) is 2.80. The molecule has 0 radical (unpaired) electrons. The van der Waals surface area contributed by atoms with Gasteiger partial charge in [-0.15, -0.1) is 11.3 Å². The summed E-state index contributed by atoms with van der Waals surface area (Å²) >= 11 is 7.65. The van der Waals surface area contributed by atoms with Gasteiger partial charge in [0.05, 0.1) is 10.7 Å². The van der Waals surface area contributed by atoms with Gasteiger partial charge in [0.2, 0.25) is 0 Å². The lowest BCUT2D eigenvalue weighted by molar-refractivity contribution is 0.627. The first-order valence-electron chi connectivity index (χ1n) is 5.98. The zero-order valence-corrected chi connectivity index (χ0v) is 12.0. The van der Waals surface area contributed by atoms with Gasteiger partial charge in [0.25, 0.3) is 0 Å². The molecule has 1 atom stereocenters. The van der Waals surface area contributed by atoms with Gasteiger partial charge in [-0.05, 0) is 30.0 Å². The molecule has 0 aliphatic carbocycles. The molecule has 1 aromatic heterocycles. The predicted molar refractivity (Wildman–Crippen MR) is 75.0 cm³/mol. The van der Waals surface area contributed by atoms with Crippen LogP contribution in [0.4, 0.5) is 4.39 Å². The average molecular weight is 284 g/mol. The van der Waals surface area contributed by atoms with Crippen molar-refractivity contribution in [1.29, 1.82) is 0 Å². The van der Waals surface area contributed by atoms with E-state index < -0.39 is 0 Å². The number of hydrogen-bond donors (Lipinski definition) is 0. The molecule has 0 saturated carbocycles. The molecule has 18 heavy (non-hydrogen) atoms. The summed E-state index contributed by atoms with van der Waals surface area (Å²) in [5.74, 6) is 0.182. The lowest BCUT2D eigenvalue weighted by atomic mass is 10.1. The second kappa shape index (κ2) is 5.81. The van der Waals surface area contributed by atoms with E-state index in [1.54, 1.807) is 17.4 Å². The Labute approximate surface area is 116 Å². The van der Waals surface area contributed by atoms with Gasteiger partial charge >= 0.3 is 0 Å². The van der Waals surface area contributed by atoms with Crippen molar-refractivity contribution in [3.8, 4) is 0 Å². The molecular formula is C14H15ClFNS. The number of benzene rings is 1. The van der Waals surface area contributed by atoms with E-state index in [0.717, 1.165) is 22.7 Å². The predicted octanol–water partition coefficient (Wildman–Crippen LogP) is 5.04. The van der Waals surface area contributed by atoms with Crippen molar-refractivity contribution in [3.05, 3.63) is 50.7 Å². The van der Waals surface area contributed by atoms with Crippen molar-refractivity contribution < 1.29 is 4.39 Å². The molecule has 1 heterocycles. The minimum atomic E-state index is -0.303. The maximum absolute atomic E-state index is 12.9. The fourth-order valence-electron chi connectivity index (χ4n) is 1.67. The smallest absolute Gasteiger partial charge is 0.124 e. The van der Waals surface area contributed by atoms with Crippen molar-refractivity contribution in [1.82, 2.24) is 4.98 Å². The van der Waals surface area contributed by atoms with Gasteiger partial charge in [0.1, 0.15) is 5.82 Å². The van der Waals surface area contributed by atoms with Gasteiger partial charge in [0.15, 0.2) is 0 Å². The molecule has 4 heteroatoms. The van der Waals surface area contributed by atoms with Crippen LogP contribution in [0.1, 0.15) is 42.5 Å². The highest BCUT2D eigenvalue weighted by molar-refractivity contribution is 7.09. The Morgan fingerprint density at radius 2 is 2.22 bits per heavy atom. The molecular weight excluding hydrogens is 269 g/mol. The van der Waals surface area contributed by atoms with Gasteiger partial charge in [-0.1, -0.05) is 31.5 Å². The van der Waals surface area contributed by atoms with Crippen molar-refractivity contribution in [2.24, 2.45) is 0 Å². The molecule has 0 fully saturated rings. The number of thiazole rings is 1. The van der Waals surface area contributed by atoms with E-state index in [9.17, 15) is 4.39 Å². The van der Waals surface area contributed by atoms with Crippen LogP contribution in [0.25, 0.3) is 0 Å². The zero-order valence-electron chi connectivity index (χ0n) is 10.4. The Kier molecular flexibility index (Phi) is 4.36. The standard InChI is InChI=1S/C14H15ClFNS/c1-3-9(2)13-8-18-14(17-13)6-10-4-5-11(16)7-12(10)15/h4-5,7-9H,3,6H2,1-2H3. The van der Waals surface area contributed by atoms with Gasteiger partial charge in [-0.25, -0.2) is 9.37 Å². The third-order valence-electron chi connectivity index (χ3n) is 3.04. The van der Waals surface area contributed by atoms with Gasteiger partial charge < -0.3 is 0 Å². The molecule has 0 spiro atoms. The summed E-state index contributed by atoms with van der Waals surface area (Å²) in [4.78, 5) is 4.61. The molecule has 2 rings (SSSR count). The van der Waals surface area contributed by atoms with Crippen LogP contribution in [0.2, 0.25) is 5.02 Å². The fraction of sp³-hybridized carbons (Fsp3) is 0.357. The lowest BCUT2D eigenvalue weighted by Crippen LogP contribution is -1.94. The molecule has 0 amide bonds. The number of hydrogen-bond acceptors (Lipinski definition) is 2. The Hall–Kier alpha value is -0.930. The van der Waals surface area contributed by atoms with Crippen LogP contribution < -0.4 is 0 Å². The quantitative estimate of drug-likeness (QED) is 0.766. The van der Waals surface area contributed by atoms with E-state index in [4.69, 9.17) is 11.6 Å². The Balaban J connectivity index is 2.16. The van der Waals surface area contributed by atoms with Crippen molar-refractivity contribution in [2.45, 2.75) is 32.6 Å². The highest BCUT2D eigenvalue weighted by Crippen LogP contribution is 2.25. The Morgan fingerprint density at radius 3 is 2.89 bits per heavy atom. The second-order valence-electron chi connectivity index (χ2n) is 4.39. The van der Waals surface area contributed by atoms with Crippen LogP contribution in [0, 0.1) is 5.82 Å². The molecule has 0 bridgehead atoms.